The van der Waals surface area contributed by atoms with Crippen LogP contribution < -0.4 is 27.0 Å². The third-order valence-corrected chi connectivity index (χ3v) is 7.37. The molecule has 2 aromatic rings. The number of benzene rings is 2. The maximum Gasteiger partial charge on any atom is 0.408 e. The molecular formula is C32H43N5O6. The predicted molar refractivity (Wildman–Crippen MR) is 161 cm³/mol. The Bertz CT molecular complexity index is 1230. The second kappa shape index (κ2) is 16.3. The third kappa shape index (κ3) is 10.7. The Labute approximate surface area is 252 Å². The Kier molecular flexibility index (Phi) is 12.5. The number of ether oxygens (including phenoxy) is 1. The van der Waals surface area contributed by atoms with Gasteiger partial charge in [0, 0.05) is 6.42 Å². The molecule has 0 aliphatic heterocycles. The van der Waals surface area contributed by atoms with Crippen molar-refractivity contribution in [3.05, 3.63) is 71.8 Å². The van der Waals surface area contributed by atoms with Gasteiger partial charge in [-0.15, -0.1) is 0 Å². The molecule has 0 aromatic heterocycles. The maximum absolute atomic E-state index is 13.8. The largest absolute Gasteiger partial charge is 0.445 e. The molecule has 0 bridgehead atoms. The number of hydrogen-bond acceptors (Lipinski definition) is 6. The van der Waals surface area contributed by atoms with E-state index < -0.39 is 47.3 Å². The molecule has 1 aliphatic rings. The van der Waals surface area contributed by atoms with Gasteiger partial charge in [0.05, 0.1) is 6.54 Å². The van der Waals surface area contributed by atoms with Crippen molar-refractivity contribution in [2.75, 3.05) is 6.54 Å². The molecule has 0 radical (unpaired) electrons. The SMILES string of the molecule is CC(C)C[C@@H](NC(=O)C1(NC(=O)[C@@H](Cc2ccccc2)NC(=O)OCc2ccccc2)CCCCC1)C(=O)NCC(N)=O. The molecule has 0 heterocycles. The number of primary amides is 1. The molecule has 0 spiro atoms. The quantitative estimate of drug-likeness (QED) is 0.225. The first-order valence-corrected chi connectivity index (χ1v) is 14.8. The summed E-state index contributed by atoms with van der Waals surface area (Å²) >= 11 is 0. The lowest BCUT2D eigenvalue weighted by Gasteiger charge is -2.38. The van der Waals surface area contributed by atoms with Crippen molar-refractivity contribution in [2.45, 2.75) is 83.0 Å². The minimum atomic E-state index is -1.28. The van der Waals surface area contributed by atoms with Crippen LogP contribution in [0.1, 0.15) is 63.5 Å². The summed E-state index contributed by atoms with van der Waals surface area (Å²) in [6.07, 6.45) is 2.79. The summed E-state index contributed by atoms with van der Waals surface area (Å²) in [5, 5.41) is 10.9. The molecule has 0 saturated heterocycles. The Morgan fingerprint density at radius 3 is 2.00 bits per heavy atom. The average molecular weight is 594 g/mol. The van der Waals surface area contributed by atoms with Gasteiger partial charge in [-0.1, -0.05) is 93.8 Å². The first kappa shape index (κ1) is 33.1. The zero-order valence-corrected chi connectivity index (χ0v) is 24.9. The predicted octanol–water partition coefficient (Wildman–Crippen LogP) is 2.48. The summed E-state index contributed by atoms with van der Waals surface area (Å²) in [7, 11) is 0. The summed E-state index contributed by atoms with van der Waals surface area (Å²) in [6.45, 7) is 3.51. The van der Waals surface area contributed by atoms with E-state index in [1.54, 1.807) is 0 Å². The van der Waals surface area contributed by atoms with E-state index in [4.69, 9.17) is 10.5 Å². The first-order valence-electron chi connectivity index (χ1n) is 14.8. The second-order valence-electron chi connectivity index (χ2n) is 11.4. The van der Waals surface area contributed by atoms with Crippen molar-refractivity contribution in [2.24, 2.45) is 11.7 Å². The Morgan fingerprint density at radius 2 is 1.42 bits per heavy atom. The molecular weight excluding hydrogens is 550 g/mol. The molecule has 11 heteroatoms. The minimum absolute atomic E-state index is 0.0355. The van der Waals surface area contributed by atoms with Crippen LogP contribution in [0.4, 0.5) is 4.79 Å². The van der Waals surface area contributed by atoms with Crippen molar-refractivity contribution in [1.82, 2.24) is 21.3 Å². The normalized spacial score (nSPS) is 15.4. The van der Waals surface area contributed by atoms with Crippen LogP contribution in [0.3, 0.4) is 0 Å². The van der Waals surface area contributed by atoms with E-state index in [0.29, 0.717) is 32.1 Å². The summed E-state index contributed by atoms with van der Waals surface area (Å²) in [4.78, 5) is 64.5. The summed E-state index contributed by atoms with van der Waals surface area (Å²) in [5.74, 6) is -2.18. The fourth-order valence-electron chi connectivity index (χ4n) is 5.15. The molecule has 5 amide bonds. The van der Waals surface area contributed by atoms with Crippen molar-refractivity contribution in [1.29, 1.82) is 0 Å². The first-order chi connectivity index (χ1) is 20.6. The summed E-state index contributed by atoms with van der Waals surface area (Å²) < 4.78 is 5.38. The number of hydrogen-bond donors (Lipinski definition) is 5. The number of amides is 5. The molecule has 232 valence electrons. The number of alkyl carbamates (subject to hydrolysis) is 1. The van der Waals surface area contributed by atoms with Gasteiger partial charge < -0.3 is 31.7 Å². The third-order valence-electron chi connectivity index (χ3n) is 7.37. The van der Waals surface area contributed by atoms with Gasteiger partial charge >= 0.3 is 6.09 Å². The van der Waals surface area contributed by atoms with Crippen molar-refractivity contribution in [3.63, 3.8) is 0 Å². The van der Waals surface area contributed by atoms with E-state index >= 15 is 0 Å². The zero-order chi connectivity index (χ0) is 31.2. The second-order valence-corrected chi connectivity index (χ2v) is 11.4. The Morgan fingerprint density at radius 1 is 0.814 bits per heavy atom. The molecule has 11 nitrogen and oxygen atoms in total. The van der Waals surface area contributed by atoms with Crippen LogP contribution in [0, 0.1) is 5.92 Å². The van der Waals surface area contributed by atoms with Crippen LogP contribution in [-0.2, 0) is 36.9 Å². The summed E-state index contributed by atoms with van der Waals surface area (Å²) in [6, 6.07) is 16.5. The van der Waals surface area contributed by atoms with Crippen LogP contribution in [-0.4, -0.2) is 53.9 Å². The van der Waals surface area contributed by atoms with Crippen LogP contribution in [0.15, 0.2) is 60.7 Å². The number of nitrogens with one attached hydrogen (secondary N) is 4. The van der Waals surface area contributed by atoms with Crippen molar-refractivity contribution >= 4 is 29.7 Å². The van der Waals surface area contributed by atoms with Gasteiger partial charge in [0.25, 0.3) is 0 Å². The monoisotopic (exact) mass is 593 g/mol. The fourth-order valence-corrected chi connectivity index (χ4v) is 5.15. The van der Waals surface area contributed by atoms with Crippen LogP contribution >= 0.6 is 0 Å². The smallest absolute Gasteiger partial charge is 0.408 e. The average Bonchev–Trinajstić information content (AvgIpc) is 2.99. The highest BCUT2D eigenvalue weighted by Crippen LogP contribution is 2.29. The van der Waals surface area contributed by atoms with Crippen LogP contribution in [0.25, 0.3) is 0 Å². The highest BCUT2D eigenvalue weighted by Gasteiger charge is 2.43. The molecule has 2 atom stereocenters. The topological polar surface area (TPSA) is 169 Å². The van der Waals surface area contributed by atoms with E-state index in [1.165, 1.54) is 0 Å². The Balaban J connectivity index is 1.78. The van der Waals surface area contributed by atoms with E-state index in [1.807, 2.05) is 74.5 Å². The number of rotatable bonds is 14. The van der Waals surface area contributed by atoms with E-state index in [-0.39, 0.29) is 25.5 Å². The lowest BCUT2D eigenvalue weighted by atomic mass is 9.80. The summed E-state index contributed by atoms with van der Waals surface area (Å²) in [5.41, 5.74) is 5.51. The molecule has 43 heavy (non-hydrogen) atoms. The van der Waals surface area contributed by atoms with Gasteiger partial charge in [0.2, 0.25) is 23.6 Å². The van der Waals surface area contributed by atoms with Crippen LogP contribution in [0.5, 0.6) is 0 Å². The molecule has 1 aliphatic carbocycles. The Hall–Kier alpha value is -4.41. The van der Waals surface area contributed by atoms with E-state index in [9.17, 15) is 24.0 Å². The zero-order valence-electron chi connectivity index (χ0n) is 24.9. The molecule has 0 unspecified atom stereocenters. The van der Waals surface area contributed by atoms with E-state index in [2.05, 4.69) is 21.3 Å². The lowest BCUT2D eigenvalue weighted by molar-refractivity contribution is -0.138. The molecule has 1 saturated carbocycles. The van der Waals surface area contributed by atoms with Gasteiger partial charge in [-0.05, 0) is 36.3 Å². The molecule has 2 aromatic carbocycles. The lowest BCUT2D eigenvalue weighted by Crippen LogP contribution is -2.65. The highest BCUT2D eigenvalue weighted by molar-refractivity contribution is 5.97. The van der Waals surface area contributed by atoms with Crippen molar-refractivity contribution < 1.29 is 28.7 Å². The maximum atomic E-state index is 13.8. The standard InChI is InChI=1S/C32H43N5O6/c1-22(2)18-25(28(39)34-20-27(33)38)35-30(41)32(16-10-5-11-17-32)37-29(40)26(19-23-12-6-3-7-13-23)36-31(42)43-21-24-14-8-4-9-15-24/h3-4,6-9,12-15,22,25-26H,5,10-11,16-21H2,1-2H3,(H2,33,38)(H,34,39)(H,35,41)(H,36,42)(H,37,40)/t25-,26-/m1/s1. The number of carbonyl (C=O) groups excluding carboxylic acids is 5. The van der Waals surface area contributed by atoms with Crippen LogP contribution in [0.2, 0.25) is 0 Å². The van der Waals surface area contributed by atoms with Crippen molar-refractivity contribution in [3.8, 4) is 0 Å². The van der Waals surface area contributed by atoms with Gasteiger partial charge in [0.1, 0.15) is 24.2 Å². The van der Waals surface area contributed by atoms with Gasteiger partial charge in [-0.25, -0.2) is 4.79 Å². The molecule has 3 rings (SSSR count). The van der Waals surface area contributed by atoms with Gasteiger partial charge in [0.15, 0.2) is 0 Å². The van der Waals surface area contributed by atoms with E-state index in [0.717, 1.165) is 17.5 Å². The van der Waals surface area contributed by atoms with Gasteiger partial charge in [-0.2, -0.15) is 0 Å². The number of carbonyl (C=O) groups is 5. The highest BCUT2D eigenvalue weighted by atomic mass is 16.5. The minimum Gasteiger partial charge on any atom is -0.445 e. The molecule has 1 fully saturated rings. The number of nitrogens with two attached hydrogens (primary N) is 1. The molecule has 6 N–H and O–H groups in total. The van der Waals surface area contributed by atoms with Gasteiger partial charge in [-0.3, -0.25) is 19.2 Å². The fraction of sp³-hybridized carbons (Fsp3) is 0.469.